The molecule has 21 heavy (non-hydrogen) atoms. The fourth-order valence-electron chi connectivity index (χ4n) is 1.91. The molecule has 1 aliphatic rings. The number of rotatable bonds is 4. The molecule has 0 aliphatic heterocycles. The van der Waals surface area contributed by atoms with Gasteiger partial charge in [-0.3, -0.25) is 0 Å². The summed E-state index contributed by atoms with van der Waals surface area (Å²) in [6.45, 7) is 0. The molecule has 0 amide bonds. The lowest BCUT2D eigenvalue weighted by molar-refractivity contribution is 0.424. The van der Waals surface area contributed by atoms with Gasteiger partial charge in [0.2, 0.25) is 5.88 Å². The summed E-state index contributed by atoms with van der Waals surface area (Å²) in [5, 5.41) is 11.7. The number of anilines is 1. The summed E-state index contributed by atoms with van der Waals surface area (Å²) in [5.41, 5.74) is 0.247. The van der Waals surface area contributed by atoms with Gasteiger partial charge in [0, 0.05) is 19.0 Å². The second-order valence-electron chi connectivity index (χ2n) is 4.83. The molecule has 1 aromatic carbocycles. The van der Waals surface area contributed by atoms with Crippen LogP contribution in [0.25, 0.3) is 0 Å². The van der Waals surface area contributed by atoms with Crippen molar-refractivity contribution >= 4 is 5.82 Å². The van der Waals surface area contributed by atoms with Crippen molar-refractivity contribution in [2.45, 2.75) is 18.8 Å². The van der Waals surface area contributed by atoms with Gasteiger partial charge in [0.1, 0.15) is 11.6 Å². The molecule has 0 bridgehead atoms. The number of hydrogen-bond donors (Lipinski definition) is 1. The van der Waals surface area contributed by atoms with E-state index < -0.39 is 5.82 Å². The van der Waals surface area contributed by atoms with Gasteiger partial charge in [-0.2, -0.15) is 10.2 Å². The van der Waals surface area contributed by atoms with Crippen LogP contribution in [0.15, 0.2) is 24.3 Å². The molecule has 1 saturated carbocycles. The normalized spacial score (nSPS) is 13.6. The Balaban J connectivity index is 1.90. The topological polar surface area (TPSA) is 70.8 Å². The van der Waals surface area contributed by atoms with E-state index >= 15 is 0 Å². The van der Waals surface area contributed by atoms with E-state index in [1.54, 1.807) is 13.1 Å². The summed E-state index contributed by atoms with van der Waals surface area (Å²) < 4.78 is 19.3. The Kier molecular flexibility index (Phi) is 3.40. The fraction of sp³-hybridized carbons (Fsp3) is 0.267. The van der Waals surface area contributed by atoms with Crippen molar-refractivity contribution in [3.63, 3.8) is 0 Å². The minimum Gasteiger partial charge on any atom is -0.436 e. The summed E-state index contributed by atoms with van der Waals surface area (Å²) in [5.74, 6) is 1.45. The van der Waals surface area contributed by atoms with Gasteiger partial charge in [0.15, 0.2) is 11.6 Å². The Labute approximate surface area is 121 Å². The molecule has 0 spiro atoms. The van der Waals surface area contributed by atoms with Crippen LogP contribution >= 0.6 is 0 Å². The number of nitrogens with one attached hydrogen (secondary N) is 1. The van der Waals surface area contributed by atoms with Crippen LogP contribution in [-0.4, -0.2) is 17.0 Å². The lowest BCUT2D eigenvalue weighted by Gasteiger charge is -2.09. The summed E-state index contributed by atoms with van der Waals surface area (Å²) in [4.78, 5) is 8.68. The Morgan fingerprint density at radius 1 is 1.33 bits per heavy atom. The first-order valence-corrected chi connectivity index (χ1v) is 6.64. The SMILES string of the molecule is CNc1cc(Oc2ccc(C#N)cc2F)nc(C2CC2)n1. The predicted molar refractivity (Wildman–Crippen MR) is 74.7 cm³/mol. The summed E-state index contributed by atoms with van der Waals surface area (Å²) in [7, 11) is 1.76. The maximum atomic E-state index is 13.8. The number of aromatic nitrogens is 2. The standard InChI is InChI=1S/C15H13FN4O/c1-18-13-7-14(20-15(19-13)10-3-4-10)21-12-5-2-9(8-17)6-11(12)16/h2,5-7,10H,3-4H2,1H3,(H,18,19,20). The van der Waals surface area contributed by atoms with Crippen LogP contribution in [0.2, 0.25) is 0 Å². The van der Waals surface area contributed by atoms with Crippen LogP contribution in [0.1, 0.15) is 30.1 Å². The summed E-state index contributed by atoms with van der Waals surface area (Å²) >= 11 is 0. The van der Waals surface area contributed by atoms with Crippen molar-refractivity contribution in [3.05, 3.63) is 41.5 Å². The first kappa shape index (κ1) is 13.3. The van der Waals surface area contributed by atoms with Crippen molar-refractivity contribution in [1.29, 1.82) is 5.26 Å². The van der Waals surface area contributed by atoms with Crippen LogP contribution in [0.4, 0.5) is 10.2 Å². The van der Waals surface area contributed by atoms with Gasteiger partial charge in [-0.15, -0.1) is 0 Å². The Morgan fingerprint density at radius 2 is 2.14 bits per heavy atom. The molecule has 1 fully saturated rings. The van der Waals surface area contributed by atoms with E-state index in [1.165, 1.54) is 12.1 Å². The largest absolute Gasteiger partial charge is 0.436 e. The smallest absolute Gasteiger partial charge is 0.224 e. The summed E-state index contributed by atoms with van der Waals surface area (Å²) in [6, 6.07) is 7.55. The first-order valence-electron chi connectivity index (χ1n) is 6.64. The highest BCUT2D eigenvalue weighted by molar-refractivity contribution is 5.42. The van der Waals surface area contributed by atoms with E-state index in [2.05, 4.69) is 15.3 Å². The van der Waals surface area contributed by atoms with Gasteiger partial charge < -0.3 is 10.1 Å². The van der Waals surface area contributed by atoms with Gasteiger partial charge in [-0.05, 0) is 31.0 Å². The van der Waals surface area contributed by atoms with E-state index in [1.807, 2.05) is 6.07 Å². The fourth-order valence-corrected chi connectivity index (χ4v) is 1.91. The third kappa shape index (κ3) is 2.92. The second-order valence-corrected chi connectivity index (χ2v) is 4.83. The molecule has 0 saturated heterocycles. The molecule has 106 valence electrons. The van der Waals surface area contributed by atoms with Crippen LogP contribution in [0, 0.1) is 17.1 Å². The van der Waals surface area contributed by atoms with Crippen molar-refractivity contribution in [2.75, 3.05) is 12.4 Å². The lowest BCUT2D eigenvalue weighted by Crippen LogP contribution is -2.01. The van der Waals surface area contributed by atoms with Gasteiger partial charge in [-0.1, -0.05) is 0 Å². The Bertz CT molecular complexity index is 722. The van der Waals surface area contributed by atoms with Gasteiger partial charge in [0.25, 0.3) is 0 Å². The van der Waals surface area contributed by atoms with Gasteiger partial charge in [0.05, 0.1) is 11.6 Å². The number of benzene rings is 1. The van der Waals surface area contributed by atoms with Gasteiger partial charge in [-0.25, -0.2) is 9.37 Å². The molecule has 5 nitrogen and oxygen atoms in total. The molecule has 3 rings (SSSR count). The molecule has 2 aromatic rings. The van der Waals surface area contributed by atoms with Crippen LogP contribution in [0.5, 0.6) is 11.6 Å². The van der Waals surface area contributed by atoms with Crippen molar-refractivity contribution < 1.29 is 9.13 Å². The van der Waals surface area contributed by atoms with Crippen molar-refractivity contribution in [2.24, 2.45) is 0 Å². The Morgan fingerprint density at radius 3 is 2.76 bits per heavy atom. The average Bonchev–Trinajstić information content (AvgIpc) is 3.33. The third-order valence-electron chi connectivity index (χ3n) is 3.19. The van der Waals surface area contributed by atoms with E-state index in [0.29, 0.717) is 23.4 Å². The highest BCUT2D eigenvalue weighted by Gasteiger charge is 2.27. The number of nitriles is 1. The molecule has 0 atom stereocenters. The number of halogens is 1. The van der Waals surface area contributed by atoms with Gasteiger partial charge >= 0.3 is 0 Å². The zero-order valence-electron chi connectivity index (χ0n) is 11.4. The van der Waals surface area contributed by atoms with E-state index in [-0.39, 0.29) is 11.3 Å². The number of nitrogens with zero attached hydrogens (tertiary/aromatic N) is 3. The molecule has 1 N–H and O–H groups in total. The molecule has 1 heterocycles. The number of ether oxygens (including phenoxy) is 1. The molecule has 0 radical (unpaired) electrons. The predicted octanol–water partition coefficient (Wildman–Crippen LogP) is 3.20. The highest BCUT2D eigenvalue weighted by Crippen LogP contribution is 2.39. The maximum absolute atomic E-state index is 13.8. The van der Waals surface area contributed by atoms with Crippen molar-refractivity contribution in [1.82, 2.24) is 9.97 Å². The van der Waals surface area contributed by atoms with Crippen LogP contribution < -0.4 is 10.1 Å². The monoisotopic (exact) mass is 284 g/mol. The molecule has 1 aromatic heterocycles. The molecular weight excluding hydrogens is 271 g/mol. The van der Waals surface area contributed by atoms with Crippen LogP contribution in [-0.2, 0) is 0 Å². The molecular formula is C15H13FN4O. The molecule has 1 aliphatic carbocycles. The third-order valence-corrected chi connectivity index (χ3v) is 3.19. The minimum atomic E-state index is -0.591. The Hall–Kier alpha value is -2.68. The zero-order chi connectivity index (χ0) is 14.8. The first-order chi connectivity index (χ1) is 10.2. The quantitative estimate of drug-likeness (QED) is 0.933. The molecule has 6 heteroatoms. The summed E-state index contributed by atoms with van der Waals surface area (Å²) in [6.07, 6.45) is 2.13. The van der Waals surface area contributed by atoms with Crippen LogP contribution in [0.3, 0.4) is 0 Å². The van der Waals surface area contributed by atoms with E-state index in [0.717, 1.165) is 18.9 Å². The maximum Gasteiger partial charge on any atom is 0.224 e. The number of hydrogen-bond acceptors (Lipinski definition) is 5. The highest BCUT2D eigenvalue weighted by atomic mass is 19.1. The van der Waals surface area contributed by atoms with Crippen molar-refractivity contribution in [3.8, 4) is 17.7 Å². The zero-order valence-corrected chi connectivity index (χ0v) is 11.4. The second kappa shape index (κ2) is 5.37. The molecule has 0 unspecified atom stereocenters. The van der Waals surface area contributed by atoms with E-state index in [4.69, 9.17) is 10.00 Å². The van der Waals surface area contributed by atoms with E-state index in [9.17, 15) is 4.39 Å². The average molecular weight is 284 g/mol. The minimum absolute atomic E-state index is 0.0384. The lowest BCUT2D eigenvalue weighted by atomic mass is 10.2.